The van der Waals surface area contributed by atoms with Gasteiger partial charge in [0.15, 0.2) is 11.5 Å². The molecule has 27 heavy (non-hydrogen) atoms. The second-order valence-electron chi connectivity index (χ2n) is 6.16. The molecule has 3 N–H and O–H groups in total. The molecule has 0 atom stereocenters. The van der Waals surface area contributed by atoms with Crippen molar-refractivity contribution in [1.29, 1.82) is 0 Å². The number of benzene rings is 2. The average Bonchev–Trinajstić information content (AvgIpc) is 2.62. The Kier molecular flexibility index (Phi) is 6.45. The van der Waals surface area contributed by atoms with Gasteiger partial charge in [-0.3, -0.25) is 4.79 Å². The summed E-state index contributed by atoms with van der Waals surface area (Å²) in [5.74, 6) is 0.896. The molecule has 1 amide bonds. The van der Waals surface area contributed by atoms with E-state index in [-0.39, 0.29) is 16.4 Å². The zero-order chi connectivity index (χ0) is 20.2. The van der Waals surface area contributed by atoms with Gasteiger partial charge in [0, 0.05) is 12.1 Å². The maximum Gasteiger partial charge on any atom is 0.251 e. The van der Waals surface area contributed by atoms with Gasteiger partial charge in [0.2, 0.25) is 10.0 Å². The summed E-state index contributed by atoms with van der Waals surface area (Å²) in [7, 11) is -0.767. The number of hydrogen-bond acceptors (Lipinski definition) is 5. The molecular weight excluding hydrogens is 368 g/mol. The van der Waals surface area contributed by atoms with Crippen LogP contribution < -0.4 is 19.9 Å². The number of rotatable bonds is 7. The summed E-state index contributed by atoms with van der Waals surface area (Å²) in [5, 5.41) is 8.03. The highest BCUT2D eigenvalue weighted by Gasteiger charge is 2.17. The van der Waals surface area contributed by atoms with E-state index in [0.717, 1.165) is 5.56 Å². The van der Waals surface area contributed by atoms with E-state index in [1.165, 1.54) is 6.07 Å². The Labute approximate surface area is 159 Å². The van der Waals surface area contributed by atoms with Crippen LogP contribution in [0, 0.1) is 13.8 Å². The maximum absolute atomic E-state index is 12.4. The largest absolute Gasteiger partial charge is 0.493 e. The van der Waals surface area contributed by atoms with Crippen molar-refractivity contribution in [2.75, 3.05) is 20.8 Å². The van der Waals surface area contributed by atoms with Gasteiger partial charge in [0.1, 0.15) is 0 Å². The van der Waals surface area contributed by atoms with Crippen molar-refractivity contribution in [2.45, 2.75) is 25.2 Å². The Morgan fingerprint density at radius 3 is 2.33 bits per heavy atom. The van der Waals surface area contributed by atoms with Crippen molar-refractivity contribution in [3.8, 4) is 11.5 Å². The molecule has 146 valence electrons. The van der Waals surface area contributed by atoms with E-state index in [9.17, 15) is 13.2 Å². The minimum absolute atomic E-state index is 0.0347. The van der Waals surface area contributed by atoms with E-state index >= 15 is 0 Å². The van der Waals surface area contributed by atoms with E-state index < -0.39 is 10.0 Å². The lowest BCUT2D eigenvalue weighted by Crippen LogP contribution is -2.26. The molecule has 0 aliphatic carbocycles. The number of aryl methyl sites for hydroxylation is 1. The predicted octanol–water partition coefficient (Wildman–Crippen LogP) is 1.94. The van der Waals surface area contributed by atoms with E-state index in [1.54, 1.807) is 40.2 Å². The molecule has 0 saturated heterocycles. The molecule has 0 fully saturated rings. The molecule has 2 rings (SSSR count). The van der Waals surface area contributed by atoms with Gasteiger partial charge in [-0.2, -0.15) is 0 Å². The van der Waals surface area contributed by atoms with E-state index in [1.807, 2.05) is 12.1 Å². The topological polar surface area (TPSA) is 108 Å². The third-order valence-electron chi connectivity index (χ3n) is 4.34. The van der Waals surface area contributed by atoms with Gasteiger partial charge in [-0.25, -0.2) is 13.6 Å². The van der Waals surface area contributed by atoms with Gasteiger partial charge in [-0.15, -0.1) is 0 Å². The van der Waals surface area contributed by atoms with Crippen LogP contribution in [0.1, 0.15) is 27.0 Å². The lowest BCUT2D eigenvalue weighted by atomic mass is 10.1. The van der Waals surface area contributed by atoms with Crippen molar-refractivity contribution in [2.24, 2.45) is 5.14 Å². The third kappa shape index (κ3) is 4.99. The van der Waals surface area contributed by atoms with Gasteiger partial charge in [0.25, 0.3) is 5.91 Å². The van der Waals surface area contributed by atoms with Crippen LogP contribution in [0.25, 0.3) is 0 Å². The third-order valence-corrected chi connectivity index (χ3v) is 5.37. The molecule has 0 radical (unpaired) electrons. The summed E-state index contributed by atoms with van der Waals surface area (Å²) in [6, 6.07) is 8.50. The molecule has 0 saturated carbocycles. The Hall–Kier alpha value is -2.58. The second-order valence-corrected chi connectivity index (χ2v) is 7.69. The van der Waals surface area contributed by atoms with Crippen molar-refractivity contribution in [3.63, 3.8) is 0 Å². The summed E-state index contributed by atoms with van der Waals surface area (Å²) in [5.41, 5.74) is 2.46. The highest BCUT2D eigenvalue weighted by atomic mass is 32.2. The van der Waals surface area contributed by atoms with Crippen LogP contribution in [-0.2, 0) is 16.4 Å². The fraction of sp³-hybridized carbons (Fsp3) is 0.316. The minimum atomic E-state index is -3.90. The van der Waals surface area contributed by atoms with Crippen molar-refractivity contribution in [1.82, 2.24) is 5.32 Å². The molecule has 2 aromatic carbocycles. The number of methoxy groups -OCH3 is 2. The number of nitrogens with two attached hydrogens (primary N) is 1. The lowest BCUT2D eigenvalue weighted by Gasteiger charge is -2.12. The predicted molar refractivity (Wildman–Crippen MR) is 103 cm³/mol. The molecular formula is C19H24N2O5S. The quantitative estimate of drug-likeness (QED) is 0.749. The number of amides is 1. The summed E-state index contributed by atoms with van der Waals surface area (Å²) < 4.78 is 33.9. The molecule has 0 aromatic heterocycles. The van der Waals surface area contributed by atoms with Crippen LogP contribution >= 0.6 is 0 Å². The number of sulfonamides is 1. The maximum atomic E-state index is 12.4. The molecule has 0 bridgehead atoms. The first-order valence-corrected chi connectivity index (χ1v) is 9.85. The van der Waals surface area contributed by atoms with Gasteiger partial charge < -0.3 is 14.8 Å². The Balaban J connectivity index is 2.10. The average molecular weight is 392 g/mol. The fourth-order valence-electron chi connectivity index (χ4n) is 2.71. The first-order chi connectivity index (χ1) is 12.7. The van der Waals surface area contributed by atoms with E-state index in [0.29, 0.717) is 35.6 Å². The van der Waals surface area contributed by atoms with E-state index in [2.05, 4.69) is 5.32 Å². The highest BCUT2D eigenvalue weighted by Crippen LogP contribution is 2.27. The fourth-order valence-corrected chi connectivity index (χ4v) is 3.59. The molecule has 7 nitrogen and oxygen atoms in total. The minimum Gasteiger partial charge on any atom is -0.493 e. The summed E-state index contributed by atoms with van der Waals surface area (Å²) in [6.07, 6.45) is 0.582. The molecule has 0 aliphatic heterocycles. The number of hydrogen-bond donors (Lipinski definition) is 2. The molecule has 0 heterocycles. The van der Waals surface area contributed by atoms with Crippen LogP contribution in [0.2, 0.25) is 0 Å². The molecule has 0 aliphatic rings. The molecule has 0 spiro atoms. The van der Waals surface area contributed by atoms with Gasteiger partial charge >= 0.3 is 0 Å². The Morgan fingerprint density at radius 1 is 1.07 bits per heavy atom. The summed E-state index contributed by atoms with van der Waals surface area (Å²) >= 11 is 0. The lowest BCUT2D eigenvalue weighted by molar-refractivity contribution is 0.0954. The number of carbonyl (C=O) groups excluding carboxylic acids is 1. The van der Waals surface area contributed by atoms with Crippen LogP contribution in [0.5, 0.6) is 11.5 Å². The van der Waals surface area contributed by atoms with Crippen molar-refractivity contribution in [3.05, 3.63) is 52.6 Å². The number of nitrogens with one attached hydrogen (secondary N) is 1. The monoisotopic (exact) mass is 392 g/mol. The normalized spacial score (nSPS) is 11.1. The van der Waals surface area contributed by atoms with Gasteiger partial charge in [-0.05, 0) is 61.2 Å². The summed E-state index contributed by atoms with van der Waals surface area (Å²) in [6.45, 7) is 3.78. The smallest absolute Gasteiger partial charge is 0.251 e. The Morgan fingerprint density at radius 2 is 1.74 bits per heavy atom. The van der Waals surface area contributed by atoms with Crippen LogP contribution in [0.3, 0.4) is 0 Å². The second kappa shape index (κ2) is 8.41. The first kappa shape index (κ1) is 20.7. The van der Waals surface area contributed by atoms with E-state index in [4.69, 9.17) is 14.6 Å². The first-order valence-electron chi connectivity index (χ1n) is 8.30. The Bertz CT molecular complexity index is 955. The summed E-state index contributed by atoms with van der Waals surface area (Å²) in [4.78, 5) is 12.4. The highest BCUT2D eigenvalue weighted by molar-refractivity contribution is 7.89. The SMILES string of the molecule is COc1ccc(CCNC(=O)c2cc(C)c(C)c(S(N)(=O)=O)c2)cc1OC. The molecule has 8 heteroatoms. The van der Waals surface area contributed by atoms with Crippen molar-refractivity contribution < 1.29 is 22.7 Å². The zero-order valence-corrected chi connectivity index (χ0v) is 16.6. The standard InChI is InChI=1S/C19H24N2O5S/c1-12-9-15(11-18(13(12)2)27(20,23)24)19(22)21-8-7-14-5-6-16(25-3)17(10-14)26-4/h5-6,9-11H,7-8H2,1-4H3,(H,21,22)(H2,20,23,24). The number of carbonyl (C=O) groups is 1. The zero-order valence-electron chi connectivity index (χ0n) is 15.8. The van der Waals surface area contributed by atoms with Crippen LogP contribution in [0.4, 0.5) is 0 Å². The number of primary sulfonamides is 1. The van der Waals surface area contributed by atoms with Crippen molar-refractivity contribution >= 4 is 15.9 Å². The number of ether oxygens (including phenoxy) is 2. The molecule has 2 aromatic rings. The van der Waals surface area contributed by atoms with Gasteiger partial charge in [0.05, 0.1) is 19.1 Å². The van der Waals surface area contributed by atoms with Crippen LogP contribution in [-0.4, -0.2) is 35.1 Å². The van der Waals surface area contributed by atoms with Gasteiger partial charge in [-0.1, -0.05) is 6.07 Å². The molecule has 0 unspecified atom stereocenters. The van der Waals surface area contributed by atoms with Crippen LogP contribution in [0.15, 0.2) is 35.2 Å².